The van der Waals surface area contributed by atoms with Crippen LogP contribution in [0.25, 0.3) is 54.9 Å². The highest BCUT2D eigenvalue weighted by Crippen LogP contribution is 2.63. The first-order valence-electron chi connectivity index (χ1n) is 20.5. The lowest BCUT2D eigenvalue weighted by atomic mass is 9.70. The Hall–Kier alpha value is -7.68. The summed E-state index contributed by atoms with van der Waals surface area (Å²) in [4.78, 5) is 4.90. The van der Waals surface area contributed by atoms with E-state index in [0.717, 1.165) is 22.7 Å². The summed E-state index contributed by atoms with van der Waals surface area (Å²) in [6.45, 7) is 0. The molecule has 0 bridgehead atoms. The van der Waals surface area contributed by atoms with Crippen molar-refractivity contribution in [2.24, 2.45) is 0 Å². The van der Waals surface area contributed by atoms with Crippen molar-refractivity contribution in [3.63, 3.8) is 0 Å². The zero-order chi connectivity index (χ0) is 38.7. The third-order valence-corrected chi connectivity index (χ3v) is 13.2. The average molecular weight is 749 g/mol. The lowest BCUT2D eigenvalue weighted by Gasteiger charge is -2.35. The monoisotopic (exact) mass is 748 g/mol. The molecule has 59 heavy (non-hydrogen) atoms. The number of para-hydroxylation sites is 1. The van der Waals surface area contributed by atoms with Crippen molar-refractivity contribution in [3.05, 3.63) is 241 Å². The van der Waals surface area contributed by atoms with Gasteiger partial charge in [-0.05, 0) is 115 Å². The average Bonchev–Trinajstić information content (AvgIpc) is 3.77. The van der Waals surface area contributed by atoms with Gasteiger partial charge in [-0.1, -0.05) is 164 Å². The minimum Gasteiger partial charge on any atom is -0.310 e. The Morgan fingerprint density at radius 2 is 0.864 bits per heavy atom. The molecule has 0 N–H and O–H groups in total. The number of hydrogen-bond acceptors (Lipinski definition) is 2. The molecule has 0 amide bonds. The largest absolute Gasteiger partial charge is 0.310 e. The smallest absolute Gasteiger partial charge is 0.0726 e. The first-order valence-corrected chi connectivity index (χ1v) is 20.5. The molecule has 0 unspecified atom stereocenters. The second-order valence-corrected chi connectivity index (χ2v) is 16.0. The highest BCUT2D eigenvalue weighted by molar-refractivity contribution is 6.18. The minimum absolute atomic E-state index is 0.414. The van der Waals surface area contributed by atoms with Gasteiger partial charge >= 0.3 is 0 Å². The second kappa shape index (κ2) is 12.2. The molecule has 0 radical (unpaired) electrons. The van der Waals surface area contributed by atoms with E-state index >= 15 is 0 Å². The molecule has 1 aliphatic heterocycles. The van der Waals surface area contributed by atoms with Crippen LogP contribution >= 0.6 is 0 Å². The summed E-state index contributed by atoms with van der Waals surface area (Å²) in [5.74, 6) is 0. The Bertz CT molecular complexity index is 3270. The molecule has 2 aliphatic carbocycles. The van der Waals surface area contributed by atoms with E-state index in [1.54, 1.807) is 0 Å². The molecule has 0 aromatic heterocycles. The van der Waals surface area contributed by atoms with Gasteiger partial charge in [0.25, 0.3) is 0 Å². The van der Waals surface area contributed by atoms with Gasteiger partial charge in [0.05, 0.1) is 16.8 Å². The van der Waals surface area contributed by atoms with Gasteiger partial charge in [-0.15, -0.1) is 0 Å². The van der Waals surface area contributed by atoms with Crippen molar-refractivity contribution in [2.45, 2.75) is 5.41 Å². The number of hydrogen-bond donors (Lipinski definition) is 0. The second-order valence-electron chi connectivity index (χ2n) is 16.0. The predicted octanol–water partition coefficient (Wildman–Crippen LogP) is 15.3. The molecule has 0 saturated heterocycles. The number of anilines is 6. The number of rotatable bonds is 4. The van der Waals surface area contributed by atoms with Crippen molar-refractivity contribution in [2.75, 3.05) is 9.80 Å². The summed E-state index contributed by atoms with van der Waals surface area (Å²) >= 11 is 0. The molecule has 2 nitrogen and oxygen atoms in total. The van der Waals surface area contributed by atoms with Crippen LogP contribution in [0.3, 0.4) is 0 Å². The SMILES string of the molecule is c1ccc(N(c2ccc(N3c4c(ccc5ccccc45)-c4cccc5cccc3c45)cc2)c2ccc3c(c2)C2(c4ccccc4-c4ccccc42)c2ccccc2-3)cc1. The van der Waals surface area contributed by atoms with Crippen LogP contribution in [0.5, 0.6) is 0 Å². The van der Waals surface area contributed by atoms with Crippen LogP contribution in [-0.4, -0.2) is 0 Å². The van der Waals surface area contributed by atoms with E-state index in [1.165, 1.54) is 88.6 Å². The van der Waals surface area contributed by atoms with Crippen LogP contribution in [0.1, 0.15) is 22.3 Å². The van der Waals surface area contributed by atoms with Crippen molar-refractivity contribution in [1.29, 1.82) is 0 Å². The third-order valence-electron chi connectivity index (χ3n) is 13.2. The van der Waals surface area contributed by atoms with Crippen molar-refractivity contribution in [3.8, 4) is 33.4 Å². The van der Waals surface area contributed by atoms with Crippen molar-refractivity contribution >= 4 is 55.7 Å². The fraction of sp³-hybridized carbons (Fsp3) is 0.0175. The number of fused-ring (bicyclic) bond motifs is 14. The number of benzene rings is 10. The van der Waals surface area contributed by atoms with Gasteiger partial charge < -0.3 is 9.80 Å². The molecule has 13 rings (SSSR count). The minimum atomic E-state index is -0.414. The van der Waals surface area contributed by atoms with Crippen molar-refractivity contribution < 1.29 is 0 Å². The van der Waals surface area contributed by atoms with Crippen LogP contribution in [-0.2, 0) is 5.41 Å². The van der Waals surface area contributed by atoms with E-state index in [9.17, 15) is 0 Å². The Morgan fingerprint density at radius 3 is 1.58 bits per heavy atom. The van der Waals surface area contributed by atoms with Gasteiger partial charge in [0, 0.05) is 39.1 Å². The summed E-state index contributed by atoms with van der Waals surface area (Å²) < 4.78 is 0. The van der Waals surface area contributed by atoms with E-state index in [4.69, 9.17) is 0 Å². The molecule has 2 heteroatoms. The predicted molar refractivity (Wildman–Crippen MR) is 246 cm³/mol. The van der Waals surface area contributed by atoms with Crippen LogP contribution < -0.4 is 9.80 Å². The Balaban J connectivity index is 1.01. The molecular formula is C57H36N2. The van der Waals surface area contributed by atoms with Gasteiger partial charge in [0.1, 0.15) is 0 Å². The van der Waals surface area contributed by atoms with E-state index in [1.807, 2.05) is 0 Å². The van der Waals surface area contributed by atoms with Crippen LogP contribution in [0.4, 0.5) is 34.1 Å². The van der Waals surface area contributed by atoms with Gasteiger partial charge in [-0.25, -0.2) is 0 Å². The quantitative estimate of drug-likeness (QED) is 0.177. The lowest BCUT2D eigenvalue weighted by molar-refractivity contribution is 0.793. The fourth-order valence-electron chi connectivity index (χ4n) is 10.8. The summed E-state index contributed by atoms with van der Waals surface area (Å²) in [5, 5.41) is 5.02. The van der Waals surface area contributed by atoms with Gasteiger partial charge in [-0.3, -0.25) is 0 Å². The molecule has 10 aromatic rings. The molecule has 0 atom stereocenters. The highest BCUT2D eigenvalue weighted by atomic mass is 15.2. The van der Waals surface area contributed by atoms with Gasteiger partial charge in [0.15, 0.2) is 0 Å². The zero-order valence-corrected chi connectivity index (χ0v) is 32.2. The molecule has 1 spiro atoms. The first-order chi connectivity index (χ1) is 29.3. The topological polar surface area (TPSA) is 6.48 Å². The summed E-state index contributed by atoms with van der Waals surface area (Å²) in [6, 6.07) is 81.0. The van der Waals surface area contributed by atoms with Crippen LogP contribution in [0.15, 0.2) is 218 Å². The van der Waals surface area contributed by atoms with Crippen molar-refractivity contribution in [1.82, 2.24) is 0 Å². The van der Waals surface area contributed by atoms with Crippen LogP contribution in [0, 0.1) is 0 Å². The maximum atomic E-state index is 2.48. The highest BCUT2D eigenvalue weighted by Gasteiger charge is 2.51. The van der Waals surface area contributed by atoms with E-state index in [0.29, 0.717) is 0 Å². The first kappa shape index (κ1) is 32.4. The Kier molecular flexibility index (Phi) is 6.68. The van der Waals surface area contributed by atoms with Crippen LogP contribution in [0.2, 0.25) is 0 Å². The maximum absolute atomic E-state index is 2.48. The molecule has 0 saturated carbocycles. The standard InChI is InChI=1S/C57H36N2/c1-2-17-39(18-3-1)58(42-33-35-47-46-22-8-11-26-52(46)57(53(47)36-42)50-24-9-6-20-44(50)45-21-7-10-25-51(45)57)40-29-31-41(32-30-40)59-54-27-13-16-38-15-12-23-48(55(38)54)49-34-28-37-14-4-5-19-43(37)56(49)59/h1-36H. The van der Waals surface area contributed by atoms with E-state index in [2.05, 4.69) is 228 Å². The summed E-state index contributed by atoms with van der Waals surface area (Å²) in [6.07, 6.45) is 0. The van der Waals surface area contributed by atoms with E-state index in [-0.39, 0.29) is 0 Å². The summed E-state index contributed by atoms with van der Waals surface area (Å²) in [7, 11) is 0. The molecule has 3 aliphatic rings. The molecule has 274 valence electrons. The maximum Gasteiger partial charge on any atom is 0.0726 e. The van der Waals surface area contributed by atoms with E-state index < -0.39 is 5.41 Å². The lowest BCUT2D eigenvalue weighted by Crippen LogP contribution is -2.26. The zero-order valence-electron chi connectivity index (χ0n) is 32.2. The molecule has 1 heterocycles. The Labute approximate surface area is 343 Å². The van der Waals surface area contributed by atoms with Gasteiger partial charge in [0.2, 0.25) is 0 Å². The molecule has 10 aromatic carbocycles. The summed E-state index contributed by atoms with van der Waals surface area (Å²) in [5.41, 5.74) is 19.7. The normalized spacial score (nSPS) is 13.5. The van der Waals surface area contributed by atoms with Gasteiger partial charge in [-0.2, -0.15) is 0 Å². The molecular weight excluding hydrogens is 713 g/mol. The Morgan fingerprint density at radius 1 is 0.339 bits per heavy atom. The molecule has 0 fully saturated rings. The fourth-order valence-corrected chi connectivity index (χ4v) is 10.8. The number of nitrogens with zero attached hydrogens (tertiary/aromatic N) is 2. The third kappa shape index (κ3) is 4.35.